The van der Waals surface area contributed by atoms with Crippen LogP contribution < -0.4 is 5.32 Å². The molecule has 0 aliphatic rings. The van der Waals surface area contributed by atoms with Gasteiger partial charge in [0.25, 0.3) is 0 Å². The van der Waals surface area contributed by atoms with Gasteiger partial charge in [0.05, 0.1) is 6.04 Å². The molecule has 0 rings (SSSR count). The van der Waals surface area contributed by atoms with Crippen molar-refractivity contribution in [3.05, 3.63) is 0 Å². The molecule has 0 bridgehead atoms. The van der Waals surface area contributed by atoms with E-state index < -0.39 is 0 Å². The van der Waals surface area contributed by atoms with Crippen molar-refractivity contribution in [1.82, 2.24) is 5.32 Å². The van der Waals surface area contributed by atoms with Crippen molar-refractivity contribution in [3.63, 3.8) is 0 Å². The molecule has 0 saturated carbocycles. The van der Waals surface area contributed by atoms with Gasteiger partial charge in [0.15, 0.2) is 5.78 Å². The third-order valence-corrected chi connectivity index (χ3v) is 2.79. The van der Waals surface area contributed by atoms with E-state index in [-0.39, 0.29) is 12.0 Å². The zero-order valence-corrected chi connectivity index (χ0v) is 11.0. The molecule has 2 nitrogen and oxygen atoms in total. The molecule has 0 heterocycles. The van der Waals surface area contributed by atoms with Crippen LogP contribution in [0.25, 0.3) is 0 Å². The van der Waals surface area contributed by atoms with Crippen LogP contribution in [0.1, 0.15) is 53.9 Å². The second-order valence-corrected chi connectivity index (χ2v) is 4.85. The zero-order valence-electron chi connectivity index (χ0n) is 11.0. The minimum Gasteiger partial charge on any atom is -0.307 e. The van der Waals surface area contributed by atoms with Gasteiger partial charge in [-0.25, -0.2) is 0 Å². The van der Waals surface area contributed by atoms with Crippen molar-refractivity contribution >= 4 is 5.78 Å². The summed E-state index contributed by atoms with van der Waals surface area (Å²) >= 11 is 0. The van der Waals surface area contributed by atoms with Gasteiger partial charge in [0.2, 0.25) is 0 Å². The van der Waals surface area contributed by atoms with Crippen molar-refractivity contribution in [2.75, 3.05) is 6.54 Å². The Hall–Kier alpha value is -0.370. The van der Waals surface area contributed by atoms with E-state index in [1.807, 2.05) is 6.92 Å². The fourth-order valence-corrected chi connectivity index (χ4v) is 1.63. The lowest BCUT2D eigenvalue weighted by Crippen LogP contribution is -2.41. The average molecular weight is 213 g/mol. The summed E-state index contributed by atoms with van der Waals surface area (Å²) in [5.41, 5.74) is 0. The SMILES string of the molecule is CCCN[C@@H](CC(C)C)C(=O)[C@H](C)CC. The Bertz CT molecular complexity index is 177. The first-order valence-corrected chi connectivity index (χ1v) is 6.29. The van der Waals surface area contributed by atoms with Crippen LogP contribution in [0.5, 0.6) is 0 Å². The number of ketones is 1. The molecule has 0 aromatic rings. The van der Waals surface area contributed by atoms with Crippen LogP contribution in [0, 0.1) is 11.8 Å². The molecule has 1 N–H and O–H groups in total. The van der Waals surface area contributed by atoms with Gasteiger partial charge >= 0.3 is 0 Å². The smallest absolute Gasteiger partial charge is 0.152 e. The normalized spacial score (nSPS) is 15.3. The zero-order chi connectivity index (χ0) is 11.8. The maximum Gasteiger partial charge on any atom is 0.152 e. The molecule has 0 aliphatic carbocycles. The van der Waals surface area contributed by atoms with Crippen LogP contribution in [-0.4, -0.2) is 18.4 Å². The molecular formula is C13H27NO. The molecule has 2 atom stereocenters. The first kappa shape index (κ1) is 14.6. The Morgan fingerprint density at radius 2 is 1.80 bits per heavy atom. The Morgan fingerprint density at radius 3 is 2.20 bits per heavy atom. The first-order valence-electron chi connectivity index (χ1n) is 6.29. The summed E-state index contributed by atoms with van der Waals surface area (Å²) in [6.07, 6.45) is 2.99. The molecule has 90 valence electrons. The van der Waals surface area contributed by atoms with Gasteiger partial charge in [-0.05, 0) is 31.7 Å². The molecule has 0 amide bonds. The van der Waals surface area contributed by atoms with Crippen molar-refractivity contribution in [2.45, 2.75) is 59.9 Å². The largest absolute Gasteiger partial charge is 0.307 e. The van der Waals surface area contributed by atoms with E-state index in [9.17, 15) is 4.79 Å². The number of nitrogens with one attached hydrogen (secondary N) is 1. The van der Waals surface area contributed by atoms with Crippen LogP contribution in [0.2, 0.25) is 0 Å². The summed E-state index contributed by atoms with van der Waals surface area (Å²) in [4.78, 5) is 12.1. The van der Waals surface area contributed by atoms with Gasteiger partial charge in [-0.15, -0.1) is 0 Å². The minimum absolute atomic E-state index is 0.0694. The second-order valence-electron chi connectivity index (χ2n) is 4.85. The van der Waals surface area contributed by atoms with Crippen molar-refractivity contribution < 1.29 is 4.79 Å². The highest BCUT2D eigenvalue weighted by atomic mass is 16.1. The van der Waals surface area contributed by atoms with E-state index in [2.05, 4.69) is 33.0 Å². The monoisotopic (exact) mass is 213 g/mol. The highest BCUT2D eigenvalue weighted by Crippen LogP contribution is 2.12. The van der Waals surface area contributed by atoms with Gasteiger partial charge in [0, 0.05) is 5.92 Å². The molecule has 2 heteroatoms. The molecule has 0 fully saturated rings. The Morgan fingerprint density at radius 1 is 1.20 bits per heavy atom. The lowest BCUT2D eigenvalue weighted by atomic mass is 9.92. The van der Waals surface area contributed by atoms with Crippen molar-refractivity contribution in [1.29, 1.82) is 0 Å². The summed E-state index contributed by atoms with van der Waals surface area (Å²) in [7, 11) is 0. The predicted molar refractivity (Wildman–Crippen MR) is 66.0 cm³/mol. The first-order chi connectivity index (χ1) is 7.02. The molecule has 0 spiro atoms. The van der Waals surface area contributed by atoms with Crippen LogP contribution in [0.3, 0.4) is 0 Å². The number of rotatable bonds is 8. The molecule has 0 aromatic carbocycles. The third kappa shape index (κ3) is 5.93. The number of carbonyl (C=O) groups is 1. The highest BCUT2D eigenvalue weighted by molar-refractivity contribution is 5.85. The van der Waals surface area contributed by atoms with Crippen LogP contribution in [0.15, 0.2) is 0 Å². The van der Waals surface area contributed by atoms with Gasteiger partial charge in [-0.2, -0.15) is 0 Å². The molecule has 0 saturated heterocycles. The molecular weight excluding hydrogens is 186 g/mol. The number of hydrogen-bond donors (Lipinski definition) is 1. The molecule has 0 aromatic heterocycles. The van der Waals surface area contributed by atoms with E-state index in [1.165, 1.54) is 0 Å². The Kier molecular flexibility index (Phi) is 7.67. The Labute approximate surface area is 94.8 Å². The van der Waals surface area contributed by atoms with Crippen LogP contribution in [0.4, 0.5) is 0 Å². The minimum atomic E-state index is 0.0694. The molecule has 0 radical (unpaired) electrons. The molecule has 15 heavy (non-hydrogen) atoms. The Balaban J connectivity index is 4.26. The lowest BCUT2D eigenvalue weighted by molar-refractivity contribution is -0.124. The predicted octanol–water partition coefficient (Wildman–Crippen LogP) is 3.02. The standard InChI is InChI=1S/C13H27NO/c1-6-8-14-12(9-10(3)4)13(15)11(5)7-2/h10-12,14H,6-9H2,1-5H3/t11-,12+/m1/s1. The van der Waals surface area contributed by atoms with Gasteiger partial charge in [-0.3, -0.25) is 4.79 Å². The van der Waals surface area contributed by atoms with E-state index >= 15 is 0 Å². The number of carbonyl (C=O) groups excluding carboxylic acids is 1. The summed E-state index contributed by atoms with van der Waals surface area (Å²) in [6, 6.07) is 0.0694. The van der Waals surface area contributed by atoms with E-state index in [1.54, 1.807) is 0 Å². The molecule has 0 aliphatic heterocycles. The fourth-order valence-electron chi connectivity index (χ4n) is 1.63. The highest BCUT2D eigenvalue weighted by Gasteiger charge is 2.22. The summed E-state index contributed by atoms with van der Waals surface area (Å²) in [6.45, 7) is 11.5. The quantitative estimate of drug-likeness (QED) is 0.671. The van der Waals surface area contributed by atoms with E-state index in [4.69, 9.17) is 0 Å². The maximum absolute atomic E-state index is 12.1. The topological polar surface area (TPSA) is 29.1 Å². The number of hydrogen-bond acceptors (Lipinski definition) is 2. The summed E-state index contributed by atoms with van der Waals surface area (Å²) < 4.78 is 0. The second kappa shape index (κ2) is 7.86. The van der Waals surface area contributed by atoms with Crippen LogP contribution >= 0.6 is 0 Å². The lowest BCUT2D eigenvalue weighted by Gasteiger charge is -2.22. The van der Waals surface area contributed by atoms with Crippen LogP contribution in [-0.2, 0) is 4.79 Å². The van der Waals surface area contributed by atoms with E-state index in [0.29, 0.717) is 11.7 Å². The van der Waals surface area contributed by atoms with Gasteiger partial charge in [-0.1, -0.05) is 34.6 Å². The van der Waals surface area contributed by atoms with Crippen molar-refractivity contribution in [2.24, 2.45) is 11.8 Å². The fraction of sp³-hybridized carbons (Fsp3) is 0.923. The maximum atomic E-state index is 12.1. The van der Waals surface area contributed by atoms with Gasteiger partial charge < -0.3 is 5.32 Å². The summed E-state index contributed by atoms with van der Waals surface area (Å²) in [5, 5.41) is 3.37. The number of Topliss-reactive ketones (excluding diaryl/α,β-unsaturated/α-hetero) is 1. The molecule has 0 unspecified atom stereocenters. The van der Waals surface area contributed by atoms with Gasteiger partial charge in [0.1, 0.15) is 0 Å². The van der Waals surface area contributed by atoms with Crippen molar-refractivity contribution in [3.8, 4) is 0 Å². The van der Waals surface area contributed by atoms with E-state index in [0.717, 1.165) is 25.8 Å². The third-order valence-electron chi connectivity index (χ3n) is 2.79. The average Bonchev–Trinajstić information content (AvgIpc) is 2.21. The summed E-state index contributed by atoms with van der Waals surface area (Å²) in [5.74, 6) is 1.16.